The summed E-state index contributed by atoms with van der Waals surface area (Å²) >= 11 is 0. The molecule has 0 bridgehead atoms. The molecule has 13 atom stereocenters. The Bertz CT molecular complexity index is 1100. The molecule has 6 aliphatic rings. The molecule has 8 nitrogen and oxygen atoms in total. The molecule has 2 amide bonds. The molecule has 8 heteroatoms. The first-order valence-corrected chi connectivity index (χ1v) is 16.3. The topological polar surface area (TPSA) is 120 Å². The van der Waals surface area contributed by atoms with E-state index in [1.165, 1.54) is 12.8 Å². The van der Waals surface area contributed by atoms with Crippen molar-refractivity contribution in [2.75, 3.05) is 7.05 Å². The number of rotatable bonds is 4. The summed E-state index contributed by atoms with van der Waals surface area (Å²) in [6.45, 7) is 15.9. The predicted octanol–water partition coefficient (Wildman–Crippen LogP) is 6.28. The van der Waals surface area contributed by atoms with Gasteiger partial charge < -0.3 is 30.4 Å². The minimum atomic E-state index is -0.663. The number of hydrogen-bond acceptors (Lipinski definition) is 6. The Morgan fingerprint density at radius 2 is 1.67 bits per heavy atom. The van der Waals surface area contributed by atoms with Crippen LogP contribution in [0.15, 0.2) is 0 Å². The van der Waals surface area contributed by atoms with Crippen LogP contribution in [0.3, 0.4) is 0 Å². The maximum absolute atomic E-state index is 12.4. The quantitative estimate of drug-likeness (QED) is 0.354. The summed E-state index contributed by atoms with van der Waals surface area (Å²) in [5.41, 5.74) is 5.58. The molecule has 240 valence electrons. The van der Waals surface area contributed by atoms with Crippen molar-refractivity contribution in [1.29, 1.82) is 0 Å². The van der Waals surface area contributed by atoms with Crippen LogP contribution in [-0.4, -0.2) is 54.9 Å². The first kappa shape index (κ1) is 31.9. The molecule has 0 aromatic heterocycles. The van der Waals surface area contributed by atoms with Gasteiger partial charge in [-0.3, -0.25) is 0 Å². The molecule has 2 spiro atoms. The molecule has 6 rings (SSSR count). The van der Waals surface area contributed by atoms with Crippen molar-refractivity contribution in [3.63, 3.8) is 0 Å². The minimum Gasteiger partial charge on any atom is -0.446 e. The van der Waals surface area contributed by atoms with Crippen LogP contribution in [-0.2, 0) is 14.2 Å². The lowest BCUT2D eigenvalue weighted by Gasteiger charge is -2.63. The maximum Gasteiger partial charge on any atom is 0.407 e. The van der Waals surface area contributed by atoms with Gasteiger partial charge in [0.15, 0.2) is 0 Å². The van der Waals surface area contributed by atoms with Gasteiger partial charge in [0, 0.05) is 17.9 Å². The van der Waals surface area contributed by atoms with E-state index in [1.807, 2.05) is 0 Å². The number of aliphatic hydroxyl groups is 1. The largest absolute Gasteiger partial charge is 0.446 e. The van der Waals surface area contributed by atoms with Crippen molar-refractivity contribution in [1.82, 2.24) is 5.32 Å². The van der Waals surface area contributed by atoms with E-state index in [0.717, 1.165) is 38.5 Å². The molecule has 1 heterocycles. The number of primary amides is 1. The highest BCUT2D eigenvalue weighted by molar-refractivity contribution is 5.67. The van der Waals surface area contributed by atoms with Gasteiger partial charge >= 0.3 is 12.2 Å². The van der Waals surface area contributed by atoms with Gasteiger partial charge in [-0.1, -0.05) is 55.9 Å². The Balaban J connectivity index is 0.00000353. The molecule has 4 N–H and O–H groups in total. The smallest absolute Gasteiger partial charge is 0.407 e. The number of nitrogens with one attached hydrogen (secondary N) is 1. The zero-order valence-corrected chi connectivity index (χ0v) is 26.5. The predicted molar refractivity (Wildman–Crippen MR) is 161 cm³/mol. The van der Waals surface area contributed by atoms with E-state index in [0.29, 0.717) is 17.8 Å². The van der Waals surface area contributed by atoms with Crippen LogP contribution >= 0.6 is 0 Å². The third kappa shape index (κ3) is 3.85. The van der Waals surface area contributed by atoms with Gasteiger partial charge in [0.25, 0.3) is 0 Å². The van der Waals surface area contributed by atoms with Crippen LogP contribution in [0, 0.1) is 56.7 Å². The Morgan fingerprint density at radius 3 is 2.29 bits per heavy atom. The summed E-state index contributed by atoms with van der Waals surface area (Å²) in [5, 5.41) is 15.0. The molecule has 0 radical (unpaired) electrons. The number of hydrogen-bond donors (Lipinski definition) is 3. The van der Waals surface area contributed by atoms with Crippen molar-refractivity contribution >= 4 is 12.2 Å². The monoisotopic (exact) mass is 590 g/mol. The zero-order chi connectivity index (χ0) is 29.9. The van der Waals surface area contributed by atoms with Crippen LogP contribution in [0.4, 0.5) is 9.59 Å². The summed E-state index contributed by atoms with van der Waals surface area (Å²) in [7, 11) is 1.58. The van der Waals surface area contributed by atoms with E-state index >= 15 is 0 Å². The molecular weight excluding hydrogens is 532 g/mol. The zero-order valence-electron chi connectivity index (χ0n) is 26.5. The SMILES string of the molecule is C.CNC(=O)O[C@H](C(C)C)C1C[C@@H](C)C2C(O1)[C@H](O)[C@@]1(C)C3CCC4C(C)(C)[C@@H](OC(N)=O)CCC45C[C@@]35CC[C@]21C. The Morgan fingerprint density at radius 1 is 1.02 bits per heavy atom. The fourth-order valence-electron chi connectivity index (χ4n) is 12.7. The third-order valence-corrected chi connectivity index (χ3v) is 14.5. The number of aliphatic hydroxyl groups excluding tert-OH is 1. The summed E-state index contributed by atoms with van der Waals surface area (Å²) in [6.07, 6.45) is 5.86. The van der Waals surface area contributed by atoms with Crippen LogP contribution in [0.25, 0.3) is 0 Å². The van der Waals surface area contributed by atoms with Gasteiger partial charge in [0.1, 0.15) is 12.2 Å². The van der Waals surface area contributed by atoms with Crippen LogP contribution in [0.5, 0.6) is 0 Å². The number of carbonyl (C=O) groups excluding carboxylic acids is 2. The van der Waals surface area contributed by atoms with Crippen LogP contribution in [0.1, 0.15) is 107 Å². The van der Waals surface area contributed by atoms with E-state index in [1.54, 1.807) is 7.05 Å². The minimum absolute atomic E-state index is 0. The maximum atomic E-state index is 12.4. The van der Waals surface area contributed by atoms with Gasteiger partial charge in [-0.25, -0.2) is 9.59 Å². The molecular formula is C34H58N2O6. The van der Waals surface area contributed by atoms with Gasteiger partial charge in [0.2, 0.25) is 0 Å². The summed E-state index contributed by atoms with van der Waals surface area (Å²) in [4.78, 5) is 23.9. The Labute approximate surface area is 253 Å². The molecule has 1 saturated heterocycles. The average Bonchev–Trinajstić information content (AvgIpc) is 3.53. The highest BCUT2D eigenvalue weighted by Gasteiger charge is 2.84. The molecule has 1 aliphatic heterocycles. The lowest BCUT2D eigenvalue weighted by atomic mass is 9.41. The summed E-state index contributed by atoms with van der Waals surface area (Å²) < 4.78 is 18.4. The standard InChI is InChI=1S/C33H54N2O6.CH4/c1-17(2)24(41-28(38)35-8)19-15-18(3)23-25(39-19)26(36)31(7)21-10-9-20-29(4,5)22(40-27(34)37)11-12-32(20)16-33(21,32)14-13-30(23,31)6;/h17-26,36H,9-16H2,1-8H3,(H2,34,37)(H,35,38);1H4/t18-,19?,20?,21?,22+,23?,24-,25?,26+,30-,31-,32?,33+;/m1./s1. The lowest BCUT2D eigenvalue weighted by Crippen LogP contribution is -2.60. The number of ether oxygens (including phenoxy) is 3. The first-order chi connectivity index (χ1) is 19.1. The van der Waals surface area contributed by atoms with E-state index in [9.17, 15) is 14.7 Å². The van der Waals surface area contributed by atoms with E-state index in [2.05, 4.69) is 53.8 Å². The summed E-state index contributed by atoms with van der Waals surface area (Å²) in [5.74, 6) is 1.66. The second kappa shape index (κ2) is 9.98. The van der Waals surface area contributed by atoms with Crippen molar-refractivity contribution in [2.24, 2.45) is 62.4 Å². The number of carbonyl (C=O) groups is 2. The van der Waals surface area contributed by atoms with Gasteiger partial charge in [-0.2, -0.15) is 0 Å². The van der Waals surface area contributed by atoms with Gasteiger partial charge in [-0.05, 0) is 97.2 Å². The van der Waals surface area contributed by atoms with Crippen molar-refractivity contribution in [3.05, 3.63) is 0 Å². The number of amides is 2. The van der Waals surface area contributed by atoms with Crippen molar-refractivity contribution in [3.8, 4) is 0 Å². The molecule has 5 saturated carbocycles. The third-order valence-electron chi connectivity index (χ3n) is 14.5. The Hall–Kier alpha value is -1.54. The second-order valence-corrected chi connectivity index (χ2v) is 16.3. The molecule has 0 aromatic rings. The normalized spacial score (nSPS) is 50.4. The number of fused-ring (bicyclic) bond motifs is 4. The Kier molecular flexibility index (Phi) is 7.58. The fraction of sp³-hybridized carbons (Fsp3) is 0.941. The van der Waals surface area contributed by atoms with Crippen molar-refractivity contribution < 1.29 is 28.9 Å². The second-order valence-electron chi connectivity index (χ2n) is 16.3. The van der Waals surface area contributed by atoms with E-state index in [4.69, 9.17) is 19.9 Å². The average molecular weight is 591 g/mol. The number of nitrogens with two attached hydrogens (primary N) is 1. The highest BCUT2D eigenvalue weighted by Crippen LogP contribution is 2.89. The van der Waals surface area contributed by atoms with Crippen molar-refractivity contribution in [2.45, 2.75) is 138 Å². The fourth-order valence-corrected chi connectivity index (χ4v) is 12.7. The first-order valence-electron chi connectivity index (χ1n) is 16.3. The van der Waals surface area contributed by atoms with Crippen LogP contribution < -0.4 is 11.1 Å². The van der Waals surface area contributed by atoms with Gasteiger partial charge in [0.05, 0.1) is 18.3 Å². The van der Waals surface area contributed by atoms with Gasteiger partial charge in [-0.15, -0.1) is 0 Å². The lowest BCUT2D eigenvalue weighted by molar-refractivity contribution is -0.184. The molecule has 6 fully saturated rings. The van der Waals surface area contributed by atoms with E-state index < -0.39 is 18.3 Å². The van der Waals surface area contributed by atoms with E-state index in [-0.39, 0.29) is 70.8 Å². The molecule has 6 unspecified atom stereocenters. The highest BCUT2D eigenvalue weighted by atomic mass is 16.6. The molecule has 42 heavy (non-hydrogen) atoms. The van der Waals surface area contributed by atoms with Crippen LogP contribution in [0.2, 0.25) is 0 Å². The molecule has 5 aliphatic carbocycles. The summed E-state index contributed by atoms with van der Waals surface area (Å²) in [6, 6.07) is 0. The molecule has 0 aromatic carbocycles. The number of alkyl carbamates (subject to hydrolysis) is 1.